The molecule has 2 fully saturated rings. The van der Waals surface area contributed by atoms with Crippen molar-refractivity contribution in [2.24, 2.45) is 0 Å². The summed E-state index contributed by atoms with van der Waals surface area (Å²) in [6.07, 6.45) is -1.62. The van der Waals surface area contributed by atoms with Crippen molar-refractivity contribution in [1.29, 1.82) is 5.26 Å². The fraction of sp³-hybridized carbons (Fsp3) is 0.545. The smallest absolute Gasteiger partial charge is 0.262 e. The molecule has 4 atom stereocenters. The van der Waals surface area contributed by atoms with E-state index in [9.17, 15) is 20.3 Å². The molecule has 2 saturated heterocycles. The van der Waals surface area contributed by atoms with E-state index in [1.165, 1.54) is 6.08 Å². The van der Waals surface area contributed by atoms with Gasteiger partial charge >= 0.3 is 0 Å². The van der Waals surface area contributed by atoms with Gasteiger partial charge in [0.05, 0.1) is 19.3 Å². The minimum absolute atomic E-state index is 0.0776. The average molecular weight is 479 g/mol. The van der Waals surface area contributed by atoms with E-state index in [-0.39, 0.29) is 18.5 Å². The molecular weight excluding hydrogens is 448 g/mol. The van der Waals surface area contributed by atoms with E-state index < -0.39 is 29.7 Å². The second kappa shape index (κ2) is 12.9. The summed E-state index contributed by atoms with van der Waals surface area (Å²) in [4.78, 5) is 14.8. The largest absolute Gasteiger partial charge is 0.390 e. The van der Waals surface area contributed by atoms with Crippen LogP contribution in [0.3, 0.4) is 0 Å². The number of nitriles is 1. The Morgan fingerprint density at radius 2 is 2.00 bits per heavy atom. The van der Waals surface area contributed by atoms with Crippen molar-refractivity contribution in [3.63, 3.8) is 0 Å². The first kappa shape index (κ1) is 25.5. The number of aliphatic hydroxyl groups is 2. The number of hydrogen-bond acceptors (Lipinski definition) is 10. The van der Waals surface area contributed by atoms with Crippen LogP contribution >= 0.6 is 12.0 Å². The standard InChI is InChI=1S/C22H30N4O6S/c23-13-16(22(29)25-14-19-21(28)18(27)12-20(32-19)33-30)11-15-1-3-17(4-2-15)24-5-6-26-7-9-31-10-8-26/h1-4,11,18-21,24,27-28,30H,5-10,12,14H2,(H,25,29)/b16-11+/t18-,19-,20?,21+/m1/s1. The molecule has 2 aliphatic rings. The van der Waals surface area contributed by atoms with Gasteiger partial charge in [-0.15, -0.1) is 0 Å². The Morgan fingerprint density at radius 3 is 2.67 bits per heavy atom. The maximum absolute atomic E-state index is 12.4. The van der Waals surface area contributed by atoms with Crippen molar-refractivity contribution in [3.05, 3.63) is 35.4 Å². The number of ether oxygens (including phenoxy) is 2. The first-order valence-electron chi connectivity index (χ1n) is 10.9. The van der Waals surface area contributed by atoms with Gasteiger partial charge in [0.2, 0.25) is 0 Å². The zero-order valence-corrected chi connectivity index (χ0v) is 19.0. The predicted octanol–water partition coefficient (Wildman–Crippen LogP) is 0.497. The topological polar surface area (TPSA) is 147 Å². The van der Waals surface area contributed by atoms with Crippen LogP contribution in [0, 0.1) is 11.3 Å². The maximum Gasteiger partial charge on any atom is 0.262 e. The Kier molecular flexibility index (Phi) is 9.95. The van der Waals surface area contributed by atoms with Gasteiger partial charge in [0, 0.05) is 56.9 Å². The number of nitrogens with one attached hydrogen (secondary N) is 2. The summed E-state index contributed by atoms with van der Waals surface area (Å²) < 4.78 is 20.0. The monoisotopic (exact) mass is 478 g/mol. The number of nitrogens with zero attached hydrogens (tertiary/aromatic N) is 2. The highest BCUT2D eigenvalue weighted by Crippen LogP contribution is 2.26. The first-order chi connectivity index (χ1) is 16.0. The van der Waals surface area contributed by atoms with Gasteiger partial charge in [-0.3, -0.25) is 9.69 Å². The van der Waals surface area contributed by atoms with E-state index in [0.29, 0.717) is 17.6 Å². The second-order valence-corrected chi connectivity index (χ2v) is 8.62. The number of carbonyl (C=O) groups is 1. The number of morpholine rings is 1. The van der Waals surface area contributed by atoms with Gasteiger partial charge in [-0.25, -0.2) is 0 Å². The highest BCUT2D eigenvalue weighted by Gasteiger charge is 2.37. The zero-order chi connectivity index (χ0) is 23.6. The van der Waals surface area contributed by atoms with Crippen molar-refractivity contribution in [1.82, 2.24) is 10.2 Å². The van der Waals surface area contributed by atoms with Crippen LogP contribution in [-0.2, 0) is 14.3 Å². The Bertz CT molecular complexity index is 840. The molecule has 2 heterocycles. The number of amides is 1. The third-order valence-electron chi connectivity index (χ3n) is 5.56. The summed E-state index contributed by atoms with van der Waals surface area (Å²) in [5.41, 5.74) is 0.849. The van der Waals surface area contributed by atoms with Crippen LogP contribution in [-0.4, -0.2) is 95.3 Å². The van der Waals surface area contributed by atoms with Crippen molar-refractivity contribution in [2.45, 2.75) is 30.2 Å². The lowest BCUT2D eigenvalue weighted by Gasteiger charge is -2.35. The SMILES string of the molecule is N#C/C(=C\c1ccc(NCCN2CCOCC2)cc1)C(=O)NC[C@H]1OC(SO)C[C@@H](O)[C@@H]1O. The number of aliphatic hydroxyl groups excluding tert-OH is 2. The molecule has 1 aromatic rings. The maximum atomic E-state index is 12.4. The second-order valence-electron chi connectivity index (χ2n) is 7.89. The molecule has 0 spiro atoms. The van der Waals surface area contributed by atoms with Crippen LogP contribution in [0.5, 0.6) is 0 Å². The van der Waals surface area contributed by atoms with Crippen LogP contribution in [0.15, 0.2) is 29.8 Å². The summed E-state index contributed by atoms with van der Waals surface area (Å²) in [5, 5.41) is 35.2. The predicted molar refractivity (Wildman–Crippen MR) is 124 cm³/mol. The van der Waals surface area contributed by atoms with Crippen LogP contribution in [0.25, 0.3) is 6.08 Å². The van der Waals surface area contributed by atoms with E-state index in [2.05, 4.69) is 15.5 Å². The average Bonchev–Trinajstić information content (AvgIpc) is 2.84. The van der Waals surface area contributed by atoms with Crippen LogP contribution in [0.4, 0.5) is 5.69 Å². The molecule has 180 valence electrons. The molecular formula is C22H30N4O6S. The Balaban J connectivity index is 1.49. The highest BCUT2D eigenvalue weighted by molar-refractivity contribution is 7.94. The van der Waals surface area contributed by atoms with Gasteiger partial charge in [0.1, 0.15) is 29.3 Å². The van der Waals surface area contributed by atoms with E-state index in [1.54, 1.807) is 0 Å². The van der Waals surface area contributed by atoms with Crippen LogP contribution < -0.4 is 10.6 Å². The zero-order valence-electron chi connectivity index (χ0n) is 18.2. The Hall–Kier alpha value is -2.17. The molecule has 0 aliphatic carbocycles. The molecule has 2 aliphatic heterocycles. The number of anilines is 1. The van der Waals surface area contributed by atoms with Gasteiger partial charge in [-0.2, -0.15) is 5.26 Å². The van der Waals surface area contributed by atoms with Crippen molar-refractivity contribution in [2.75, 3.05) is 51.3 Å². The van der Waals surface area contributed by atoms with Gasteiger partial charge in [-0.05, 0) is 23.8 Å². The molecule has 3 rings (SSSR count). The number of benzene rings is 1. The lowest BCUT2D eigenvalue weighted by atomic mass is 10.0. The molecule has 11 heteroatoms. The number of carbonyl (C=O) groups excluding carboxylic acids is 1. The summed E-state index contributed by atoms with van der Waals surface area (Å²) in [6, 6.07) is 9.29. The summed E-state index contributed by atoms with van der Waals surface area (Å²) >= 11 is 0.433. The minimum atomic E-state index is -1.20. The van der Waals surface area contributed by atoms with Gasteiger partial charge in [0.25, 0.3) is 5.91 Å². The van der Waals surface area contributed by atoms with E-state index in [1.807, 2.05) is 30.3 Å². The molecule has 10 nitrogen and oxygen atoms in total. The van der Waals surface area contributed by atoms with E-state index in [0.717, 1.165) is 45.1 Å². The summed E-state index contributed by atoms with van der Waals surface area (Å²) in [7, 11) is 0. The molecule has 1 aromatic carbocycles. The summed E-state index contributed by atoms with van der Waals surface area (Å²) in [5.74, 6) is -0.616. The molecule has 33 heavy (non-hydrogen) atoms. The van der Waals surface area contributed by atoms with Crippen LogP contribution in [0.2, 0.25) is 0 Å². The Morgan fingerprint density at radius 1 is 1.27 bits per heavy atom. The van der Waals surface area contributed by atoms with Gasteiger partial charge < -0.3 is 34.9 Å². The summed E-state index contributed by atoms with van der Waals surface area (Å²) in [6.45, 7) is 5.05. The lowest BCUT2D eigenvalue weighted by Crippen LogP contribution is -2.52. The van der Waals surface area contributed by atoms with Crippen molar-refractivity contribution < 1.29 is 29.0 Å². The third kappa shape index (κ3) is 7.68. The molecule has 1 amide bonds. The normalized spacial score (nSPS) is 26.4. The first-order valence-corrected chi connectivity index (χ1v) is 11.7. The molecule has 0 radical (unpaired) electrons. The number of rotatable bonds is 9. The van der Waals surface area contributed by atoms with Gasteiger partial charge in [0.15, 0.2) is 0 Å². The molecule has 1 unspecified atom stereocenters. The fourth-order valence-corrected chi connectivity index (χ4v) is 4.11. The third-order valence-corrected chi connectivity index (χ3v) is 6.10. The quantitative estimate of drug-likeness (QED) is 0.193. The molecule has 0 saturated carbocycles. The van der Waals surface area contributed by atoms with Crippen LogP contribution in [0.1, 0.15) is 12.0 Å². The fourth-order valence-electron chi connectivity index (χ4n) is 3.64. The molecule has 0 aromatic heterocycles. The lowest BCUT2D eigenvalue weighted by molar-refractivity contribution is -0.146. The molecule has 5 N–H and O–H groups in total. The van der Waals surface area contributed by atoms with Gasteiger partial charge in [-0.1, -0.05) is 12.1 Å². The van der Waals surface area contributed by atoms with E-state index >= 15 is 0 Å². The number of hydrogen-bond donors (Lipinski definition) is 5. The Labute approximate surface area is 197 Å². The highest BCUT2D eigenvalue weighted by atomic mass is 32.2. The minimum Gasteiger partial charge on any atom is -0.390 e. The molecule has 0 bridgehead atoms. The van der Waals surface area contributed by atoms with E-state index in [4.69, 9.17) is 14.0 Å². The van der Waals surface area contributed by atoms with Crippen molar-refractivity contribution in [3.8, 4) is 6.07 Å². The van der Waals surface area contributed by atoms with Crippen molar-refractivity contribution >= 4 is 29.7 Å².